The lowest BCUT2D eigenvalue weighted by Gasteiger charge is -2.33. The van der Waals surface area contributed by atoms with Gasteiger partial charge in [-0.2, -0.15) is 0 Å². The number of carbonyl (C=O) groups is 1. The predicted octanol–water partition coefficient (Wildman–Crippen LogP) is 3.54. The van der Waals surface area contributed by atoms with Crippen LogP contribution in [0.3, 0.4) is 0 Å². The summed E-state index contributed by atoms with van der Waals surface area (Å²) >= 11 is 0. The van der Waals surface area contributed by atoms with Crippen LogP contribution in [0.4, 0.5) is 11.5 Å². The molecular weight excluding hydrogens is 396 g/mol. The van der Waals surface area contributed by atoms with E-state index in [9.17, 15) is 9.90 Å². The lowest BCUT2D eigenvalue weighted by Crippen LogP contribution is -2.38. The minimum absolute atomic E-state index is 0.0859. The molecule has 168 valence electrons. The highest BCUT2D eigenvalue weighted by molar-refractivity contribution is 5.94. The van der Waals surface area contributed by atoms with Gasteiger partial charge in [0.1, 0.15) is 22.9 Å². The number of piperidine rings is 1. The van der Waals surface area contributed by atoms with E-state index in [1.165, 1.54) is 0 Å². The first-order chi connectivity index (χ1) is 14.9. The predicted molar refractivity (Wildman–Crippen MR) is 121 cm³/mol. The number of anilines is 2. The Bertz CT molecular complexity index is 883. The number of likely N-dealkylation sites (tertiary alicyclic amines) is 1. The number of pyridine rings is 1. The number of aromatic carboxylic acids is 1. The van der Waals surface area contributed by atoms with Gasteiger partial charge in [-0.05, 0) is 62.9 Å². The number of aryl methyl sites for hydroxylation is 1. The number of nitrogens with one attached hydrogen (secondary N) is 1. The summed E-state index contributed by atoms with van der Waals surface area (Å²) in [5.41, 5.74) is 8.85. The molecule has 31 heavy (non-hydrogen) atoms. The quantitative estimate of drug-likeness (QED) is 0.556. The van der Waals surface area contributed by atoms with E-state index in [0.717, 1.165) is 49.3 Å². The maximum Gasteiger partial charge on any atom is 0.343 e. The molecule has 1 fully saturated rings. The van der Waals surface area contributed by atoms with Crippen LogP contribution in [0.2, 0.25) is 0 Å². The van der Waals surface area contributed by atoms with E-state index in [1.54, 1.807) is 6.20 Å². The zero-order valence-electron chi connectivity index (χ0n) is 18.5. The van der Waals surface area contributed by atoms with Gasteiger partial charge in [0, 0.05) is 25.7 Å². The molecular formula is C23H32N4O4. The highest BCUT2D eigenvalue weighted by atomic mass is 16.5. The molecule has 0 saturated carbocycles. The van der Waals surface area contributed by atoms with Crippen molar-refractivity contribution in [2.24, 2.45) is 0 Å². The first-order valence-electron chi connectivity index (χ1n) is 10.8. The van der Waals surface area contributed by atoms with Crippen LogP contribution >= 0.6 is 0 Å². The van der Waals surface area contributed by atoms with Gasteiger partial charge in [-0.3, -0.25) is 4.90 Å². The van der Waals surface area contributed by atoms with Crippen molar-refractivity contribution in [2.75, 3.05) is 37.4 Å². The molecule has 2 heterocycles. The zero-order chi connectivity index (χ0) is 22.4. The second kappa shape index (κ2) is 10.3. The Morgan fingerprint density at radius 2 is 1.81 bits per heavy atom. The third-order valence-corrected chi connectivity index (χ3v) is 5.42. The van der Waals surface area contributed by atoms with Gasteiger partial charge in [-0.25, -0.2) is 9.78 Å². The number of hydrogen-bond donors (Lipinski definition) is 3. The Hall–Kier alpha value is -3.00. The van der Waals surface area contributed by atoms with Gasteiger partial charge in [-0.1, -0.05) is 0 Å². The number of nitrogens with two attached hydrogens (primary N) is 1. The molecule has 1 aromatic carbocycles. The van der Waals surface area contributed by atoms with E-state index in [-0.39, 0.29) is 5.56 Å². The average Bonchev–Trinajstić information content (AvgIpc) is 2.72. The number of aromatic nitrogens is 1. The molecule has 0 unspecified atom stereocenters. The van der Waals surface area contributed by atoms with Crippen LogP contribution in [0.25, 0.3) is 0 Å². The molecule has 8 nitrogen and oxygen atoms in total. The van der Waals surface area contributed by atoms with E-state index in [2.05, 4.69) is 15.2 Å². The molecule has 8 heteroatoms. The lowest BCUT2D eigenvalue weighted by molar-refractivity contribution is 0.0687. The summed E-state index contributed by atoms with van der Waals surface area (Å²) in [4.78, 5) is 18.3. The maximum absolute atomic E-state index is 11.7. The Labute approximate surface area is 183 Å². The zero-order valence-corrected chi connectivity index (χ0v) is 18.5. The fourth-order valence-corrected chi connectivity index (χ4v) is 3.88. The molecule has 0 radical (unpaired) electrons. The summed E-state index contributed by atoms with van der Waals surface area (Å²) in [5.74, 6) is 0.238. The van der Waals surface area contributed by atoms with Crippen molar-refractivity contribution in [1.82, 2.24) is 9.88 Å². The number of benzene rings is 1. The molecule has 1 aliphatic rings. The van der Waals surface area contributed by atoms with E-state index in [1.807, 2.05) is 39.0 Å². The summed E-state index contributed by atoms with van der Waals surface area (Å²) in [6.07, 6.45) is 3.80. The summed E-state index contributed by atoms with van der Waals surface area (Å²) in [7, 11) is 0. The van der Waals surface area contributed by atoms with Gasteiger partial charge in [0.05, 0.1) is 25.1 Å². The summed E-state index contributed by atoms with van der Waals surface area (Å²) in [5, 5.41) is 13.2. The summed E-state index contributed by atoms with van der Waals surface area (Å²) in [6.45, 7) is 9.02. The molecule has 1 saturated heterocycles. The minimum atomic E-state index is -1.04. The second-order valence-corrected chi connectivity index (χ2v) is 7.76. The topological polar surface area (TPSA) is 110 Å². The molecule has 0 atom stereocenters. The number of carboxylic acids is 1. The number of nitrogen functional groups attached to an aromatic ring is 1. The number of hydrogen-bond acceptors (Lipinski definition) is 7. The fourth-order valence-electron chi connectivity index (χ4n) is 3.88. The van der Waals surface area contributed by atoms with Crippen LogP contribution in [-0.2, 0) is 6.54 Å². The Morgan fingerprint density at radius 1 is 1.19 bits per heavy atom. The normalized spacial score (nSPS) is 14.9. The summed E-state index contributed by atoms with van der Waals surface area (Å²) < 4.78 is 11.2. The van der Waals surface area contributed by atoms with Gasteiger partial charge in [0.2, 0.25) is 0 Å². The Morgan fingerprint density at radius 3 is 2.32 bits per heavy atom. The largest absolute Gasteiger partial charge is 0.493 e. The van der Waals surface area contributed by atoms with Crippen LogP contribution in [0.1, 0.15) is 48.2 Å². The smallest absolute Gasteiger partial charge is 0.343 e. The van der Waals surface area contributed by atoms with Crippen molar-refractivity contribution in [3.63, 3.8) is 0 Å². The SMILES string of the molecule is CCOc1cc(CN2CCC(Nc3cnc(N)c(C)c3)CC2)cc(OCC)c1C(=O)O. The van der Waals surface area contributed by atoms with Gasteiger partial charge in [-0.15, -0.1) is 0 Å². The third kappa shape index (κ3) is 5.79. The highest BCUT2D eigenvalue weighted by Gasteiger charge is 2.23. The van der Waals surface area contributed by atoms with Crippen LogP contribution in [-0.4, -0.2) is 53.3 Å². The first-order valence-corrected chi connectivity index (χ1v) is 10.8. The Kier molecular flexibility index (Phi) is 7.57. The van der Waals surface area contributed by atoms with Crippen molar-refractivity contribution >= 4 is 17.5 Å². The highest BCUT2D eigenvalue weighted by Crippen LogP contribution is 2.32. The molecule has 0 bridgehead atoms. The van der Waals surface area contributed by atoms with Crippen molar-refractivity contribution in [3.05, 3.63) is 41.1 Å². The van der Waals surface area contributed by atoms with Crippen molar-refractivity contribution in [2.45, 2.75) is 46.2 Å². The second-order valence-electron chi connectivity index (χ2n) is 7.76. The van der Waals surface area contributed by atoms with E-state index in [4.69, 9.17) is 15.2 Å². The van der Waals surface area contributed by atoms with E-state index < -0.39 is 5.97 Å². The molecule has 0 amide bonds. The van der Waals surface area contributed by atoms with Crippen LogP contribution in [0.5, 0.6) is 11.5 Å². The van der Waals surface area contributed by atoms with Gasteiger partial charge < -0.3 is 25.6 Å². The van der Waals surface area contributed by atoms with E-state index >= 15 is 0 Å². The third-order valence-electron chi connectivity index (χ3n) is 5.42. The van der Waals surface area contributed by atoms with Crippen LogP contribution in [0, 0.1) is 6.92 Å². The van der Waals surface area contributed by atoms with E-state index in [0.29, 0.717) is 36.6 Å². The number of rotatable bonds is 9. The van der Waals surface area contributed by atoms with Gasteiger partial charge in [0.25, 0.3) is 0 Å². The van der Waals surface area contributed by atoms with Gasteiger partial charge >= 0.3 is 5.97 Å². The molecule has 0 spiro atoms. The van der Waals surface area contributed by atoms with Gasteiger partial charge in [0.15, 0.2) is 0 Å². The van der Waals surface area contributed by atoms with Crippen molar-refractivity contribution in [3.8, 4) is 11.5 Å². The first kappa shape index (κ1) is 22.7. The molecule has 1 aromatic heterocycles. The summed E-state index contributed by atoms with van der Waals surface area (Å²) in [6, 6.07) is 6.06. The molecule has 3 rings (SSSR count). The monoisotopic (exact) mass is 428 g/mol. The molecule has 1 aliphatic heterocycles. The molecule has 2 aromatic rings. The fraction of sp³-hybridized carbons (Fsp3) is 0.478. The van der Waals surface area contributed by atoms with Crippen molar-refractivity contribution < 1.29 is 19.4 Å². The molecule has 0 aliphatic carbocycles. The maximum atomic E-state index is 11.7. The number of ether oxygens (including phenoxy) is 2. The molecule has 4 N–H and O–H groups in total. The van der Waals surface area contributed by atoms with Crippen molar-refractivity contribution in [1.29, 1.82) is 0 Å². The number of carboxylic acid groups (broad SMARTS) is 1. The Balaban J connectivity index is 1.65. The number of nitrogens with zero attached hydrogens (tertiary/aromatic N) is 2. The average molecular weight is 429 g/mol. The minimum Gasteiger partial charge on any atom is -0.493 e. The van der Waals surface area contributed by atoms with Crippen LogP contribution < -0.4 is 20.5 Å². The van der Waals surface area contributed by atoms with Crippen LogP contribution in [0.15, 0.2) is 24.4 Å². The standard InChI is InChI=1S/C23H32N4O4/c1-4-30-19-11-16(12-20(31-5-2)21(19)23(28)29)14-27-8-6-17(7-9-27)26-18-10-15(3)22(24)25-13-18/h10-13,17,26H,4-9,14H2,1-3H3,(H2,24,25)(H,28,29). The lowest BCUT2D eigenvalue weighted by atomic mass is 10.0.